The zero-order chi connectivity index (χ0) is 13.0. The standard InChI is InChI=1S/C14H21BrN2O/c1-17(14(10-16)11-5-6-11)7-8-18-13-4-2-3-12(15)9-13/h2-4,9,11,14H,5-8,10,16H2,1H3. The van der Waals surface area contributed by atoms with Crippen LogP contribution in [-0.2, 0) is 0 Å². The molecule has 4 heteroatoms. The lowest BCUT2D eigenvalue weighted by atomic mass is 10.1. The summed E-state index contributed by atoms with van der Waals surface area (Å²) in [5, 5.41) is 0. The van der Waals surface area contributed by atoms with Gasteiger partial charge in [-0.25, -0.2) is 0 Å². The number of halogens is 1. The van der Waals surface area contributed by atoms with Gasteiger partial charge in [0.05, 0.1) is 0 Å². The summed E-state index contributed by atoms with van der Waals surface area (Å²) < 4.78 is 6.79. The molecule has 1 aromatic carbocycles. The van der Waals surface area contributed by atoms with E-state index < -0.39 is 0 Å². The second-order valence-corrected chi connectivity index (χ2v) is 5.84. The predicted octanol–water partition coefficient (Wildman–Crippen LogP) is 2.50. The summed E-state index contributed by atoms with van der Waals surface area (Å²) in [7, 11) is 2.14. The minimum absolute atomic E-state index is 0.524. The number of nitrogens with zero attached hydrogens (tertiary/aromatic N) is 1. The van der Waals surface area contributed by atoms with Crippen LogP contribution in [0.15, 0.2) is 28.7 Å². The molecule has 1 aliphatic rings. The molecule has 0 saturated heterocycles. The van der Waals surface area contributed by atoms with Crippen LogP contribution in [0.3, 0.4) is 0 Å². The van der Waals surface area contributed by atoms with E-state index in [9.17, 15) is 0 Å². The highest BCUT2D eigenvalue weighted by molar-refractivity contribution is 9.10. The van der Waals surface area contributed by atoms with E-state index in [-0.39, 0.29) is 0 Å². The molecule has 1 aliphatic carbocycles. The molecule has 100 valence electrons. The van der Waals surface area contributed by atoms with Gasteiger partial charge in [-0.15, -0.1) is 0 Å². The number of ether oxygens (including phenoxy) is 1. The van der Waals surface area contributed by atoms with Gasteiger partial charge in [-0.2, -0.15) is 0 Å². The van der Waals surface area contributed by atoms with Gasteiger partial charge in [-0.3, -0.25) is 4.90 Å². The van der Waals surface area contributed by atoms with E-state index in [0.717, 1.165) is 29.2 Å². The summed E-state index contributed by atoms with van der Waals surface area (Å²) >= 11 is 3.44. The lowest BCUT2D eigenvalue weighted by Gasteiger charge is -2.26. The second-order valence-electron chi connectivity index (χ2n) is 4.93. The van der Waals surface area contributed by atoms with Crippen molar-refractivity contribution in [3.63, 3.8) is 0 Å². The van der Waals surface area contributed by atoms with E-state index in [1.165, 1.54) is 12.8 Å². The van der Waals surface area contributed by atoms with Gasteiger partial charge in [0.2, 0.25) is 0 Å². The van der Waals surface area contributed by atoms with E-state index in [0.29, 0.717) is 12.6 Å². The third kappa shape index (κ3) is 3.97. The van der Waals surface area contributed by atoms with Gasteiger partial charge in [-0.05, 0) is 44.0 Å². The zero-order valence-corrected chi connectivity index (χ0v) is 12.4. The first-order valence-electron chi connectivity index (χ1n) is 6.49. The molecule has 0 heterocycles. The maximum atomic E-state index is 5.83. The summed E-state index contributed by atoms with van der Waals surface area (Å²) in [5.74, 6) is 1.72. The summed E-state index contributed by atoms with van der Waals surface area (Å²) in [5.41, 5.74) is 5.83. The number of benzene rings is 1. The number of hydrogen-bond acceptors (Lipinski definition) is 3. The summed E-state index contributed by atoms with van der Waals surface area (Å²) in [6, 6.07) is 8.47. The predicted molar refractivity (Wildman–Crippen MR) is 77.8 cm³/mol. The Bertz CT molecular complexity index is 382. The van der Waals surface area contributed by atoms with Crippen molar-refractivity contribution in [2.45, 2.75) is 18.9 Å². The Labute approximate surface area is 117 Å². The van der Waals surface area contributed by atoms with Crippen molar-refractivity contribution in [3.05, 3.63) is 28.7 Å². The van der Waals surface area contributed by atoms with Crippen molar-refractivity contribution < 1.29 is 4.74 Å². The minimum Gasteiger partial charge on any atom is -0.492 e. The van der Waals surface area contributed by atoms with Crippen LogP contribution in [0.4, 0.5) is 0 Å². The average Bonchev–Trinajstić information content (AvgIpc) is 3.14. The van der Waals surface area contributed by atoms with E-state index in [4.69, 9.17) is 10.5 Å². The van der Waals surface area contributed by atoms with Crippen molar-refractivity contribution in [1.29, 1.82) is 0 Å². The largest absolute Gasteiger partial charge is 0.492 e. The van der Waals surface area contributed by atoms with Crippen LogP contribution in [-0.4, -0.2) is 37.7 Å². The topological polar surface area (TPSA) is 38.5 Å². The lowest BCUT2D eigenvalue weighted by molar-refractivity contribution is 0.180. The fourth-order valence-electron chi connectivity index (χ4n) is 2.24. The fraction of sp³-hybridized carbons (Fsp3) is 0.571. The first-order valence-corrected chi connectivity index (χ1v) is 7.28. The number of likely N-dealkylation sites (N-methyl/N-ethyl adjacent to an activating group) is 1. The molecule has 1 unspecified atom stereocenters. The van der Waals surface area contributed by atoms with Gasteiger partial charge in [-0.1, -0.05) is 22.0 Å². The Kier molecular flexibility index (Phi) is 5.03. The smallest absolute Gasteiger partial charge is 0.120 e. The minimum atomic E-state index is 0.524. The molecule has 2 N–H and O–H groups in total. The summed E-state index contributed by atoms with van der Waals surface area (Å²) in [4.78, 5) is 2.33. The van der Waals surface area contributed by atoms with Crippen molar-refractivity contribution in [1.82, 2.24) is 4.90 Å². The molecule has 1 fully saturated rings. The van der Waals surface area contributed by atoms with Gasteiger partial charge in [0, 0.05) is 23.6 Å². The molecular formula is C14H21BrN2O. The monoisotopic (exact) mass is 312 g/mol. The maximum absolute atomic E-state index is 5.83. The third-order valence-electron chi connectivity index (χ3n) is 3.48. The highest BCUT2D eigenvalue weighted by Crippen LogP contribution is 2.34. The van der Waals surface area contributed by atoms with Crippen LogP contribution in [0, 0.1) is 5.92 Å². The van der Waals surface area contributed by atoms with Crippen LogP contribution >= 0.6 is 15.9 Å². The highest BCUT2D eigenvalue weighted by atomic mass is 79.9. The van der Waals surface area contributed by atoms with E-state index in [1.807, 2.05) is 24.3 Å². The molecular weight excluding hydrogens is 292 g/mol. The molecule has 0 bridgehead atoms. The highest BCUT2D eigenvalue weighted by Gasteiger charge is 2.32. The molecule has 2 rings (SSSR count). The van der Waals surface area contributed by atoms with Crippen LogP contribution in [0.5, 0.6) is 5.75 Å². The van der Waals surface area contributed by atoms with E-state index in [1.54, 1.807) is 0 Å². The Hall–Kier alpha value is -0.580. The molecule has 0 radical (unpaired) electrons. The molecule has 0 amide bonds. The second kappa shape index (κ2) is 6.55. The maximum Gasteiger partial charge on any atom is 0.120 e. The average molecular weight is 313 g/mol. The van der Waals surface area contributed by atoms with Gasteiger partial charge >= 0.3 is 0 Å². The zero-order valence-electron chi connectivity index (χ0n) is 10.8. The molecule has 1 atom stereocenters. The van der Waals surface area contributed by atoms with Crippen LogP contribution in [0.25, 0.3) is 0 Å². The quantitative estimate of drug-likeness (QED) is 0.840. The van der Waals surface area contributed by atoms with Crippen molar-refractivity contribution in [2.24, 2.45) is 11.7 Å². The Balaban J connectivity index is 1.74. The van der Waals surface area contributed by atoms with Crippen molar-refractivity contribution >= 4 is 15.9 Å². The Morgan fingerprint density at radius 3 is 2.89 bits per heavy atom. The summed E-state index contributed by atoms with van der Waals surface area (Å²) in [6.45, 7) is 2.37. The first kappa shape index (κ1) is 13.8. The van der Waals surface area contributed by atoms with E-state index >= 15 is 0 Å². The van der Waals surface area contributed by atoms with E-state index in [2.05, 4.69) is 27.9 Å². The number of rotatable bonds is 7. The van der Waals surface area contributed by atoms with Crippen LogP contribution < -0.4 is 10.5 Å². The summed E-state index contributed by atoms with van der Waals surface area (Å²) in [6.07, 6.45) is 2.66. The normalized spacial score (nSPS) is 16.9. The first-order chi connectivity index (χ1) is 8.70. The Morgan fingerprint density at radius 2 is 2.28 bits per heavy atom. The van der Waals surface area contributed by atoms with Crippen LogP contribution in [0.2, 0.25) is 0 Å². The molecule has 0 aromatic heterocycles. The molecule has 0 spiro atoms. The molecule has 1 saturated carbocycles. The lowest BCUT2D eigenvalue weighted by Crippen LogP contribution is -2.41. The van der Waals surface area contributed by atoms with Gasteiger partial charge in [0.25, 0.3) is 0 Å². The number of nitrogens with two attached hydrogens (primary N) is 1. The Morgan fingerprint density at radius 1 is 1.50 bits per heavy atom. The van der Waals surface area contributed by atoms with Crippen LogP contribution in [0.1, 0.15) is 12.8 Å². The molecule has 0 aliphatic heterocycles. The SMILES string of the molecule is CN(CCOc1cccc(Br)c1)C(CN)C1CC1. The van der Waals surface area contributed by atoms with Gasteiger partial charge < -0.3 is 10.5 Å². The molecule has 18 heavy (non-hydrogen) atoms. The van der Waals surface area contributed by atoms with Gasteiger partial charge in [0.15, 0.2) is 0 Å². The molecule has 3 nitrogen and oxygen atoms in total. The molecule has 1 aromatic rings. The van der Waals surface area contributed by atoms with Gasteiger partial charge in [0.1, 0.15) is 12.4 Å². The fourth-order valence-corrected chi connectivity index (χ4v) is 2.62. The third-order valence-corrected chi connectivity index (χ3v) is 3.98. The van der Waals surface area contributed by atoms with Crippen molar-refractivity contribution in [2.75, 3.05) is 26.7 Å². The number of hydrogen-bond donors (Lipinski definition) is 1. The van der Waals surface area contributed by atoms with Crippen molar-refractivity contribution in [3.8, 4) is 5.75 Å².